The highest BCUT2D eigenvalue weighted by Gasteiger charge is 2.02. The molecule has 1 atom stereocenters. The first-order chi connectivity index (χ1) is 8.72. The van der Waals surface area contributed by atoms with Gasteiger partial charge in [-0.05, 0) is 37.2 Å². The van der Waals surface area contributed by atoms with Crippen LogP contribution in [0, 0.1) is 0 Å². The average molecular weight is 337 g/mol. The Morgan fingerprint density at radius 2 is 2.00 bits per heavy atom. The van der Waals surface area contributed by atoms with Gasteiger partial charge < -0.3 is 14.8 Å². The first-order valence-electron chi connectivity index (χ1n) is 5.94. The molecule has 1 aromatic rings. The van der Waals surface area contributed by atoms with E-state index in [1.807, 2.05) is 24.3 Å². The van der Waals surface area contributed by atoms with Crippen molar-refractivity contribution in [2.45, 2.75) is 11.8 Å². The van der Waals surface area contributed by atoms with Gasteiger partial charge in [-0.1, -0.05) is 15.9 Å². The third-order valence-corrected chi connectivity index (χ3v) is 3.22. The summed E-state index contributed by atoms with van der Waals surface area (Å²) < 4.78 is 11.6. The smallest absolute Gasteiger partial charge is 0.119 e. The zero-order chi connectivity index (χ0) is 13.2. The fraction of sp³-hybridized carbons (Fsp3) is 0.538. The largest absolute Gasteiger partial charge is 0.492 e. The first-order valence-corrected chi connectivity index (χ1v) is 7.17. The van der Waals surface area contributed by atoms with Crippen LogP contribution in [0.15, 0.2) is 28.7 Å². The van der Waals surface area contributed by atoms with Gasteiger partial charge in [0.15, 0.2) is 0 Å². The highest BCUT2D eigenvalue weighted by molar-refractivity contribution is 9.10. The van der Waals surface area contributed by atoms with Crippen molar-refractivity contribution in [3.8, 4) is 5.75 Å². The lowest BCUT2D eigenvalue weighted by Gasteiger charge is -2.10. The van der Waals surface area contributed by atoms with Gasteiger partial charge in [0.1, 0.15) is 12.4 Å². The number of halogens is 2. The molecule has 1 rings (SSSR count). The van der Waals surface area contributed by atoms with Crippen molar-refractivity contribution in [1.82, 2.24) is 5.32 Å². The van der Waals surface area contributed by atoms with Gasteiger partial charge in [0.05, 0.1) is 12.0 Å². The highest BCUT2D eigenvalue weighted by Crippen LogP contribution is 2.15. The third kappa shape index (κ3) is 7.21. The number of nitrogens with one attached hydrogen (secondary N) is 1. The highest BCUT2D eigenvalue weighted by atomic mass is 79.9. The topological polar surface area (TPSA) is 30.5 Å². The molecule has 0 saturated heterocycles. The lowest BCUT2D eigenvalue weighted by molar-refractivity contribution is 0.195. The fourth-order valence-electron chi connectivity index (χ4n) is 1.42. The van der Waals surface area contributed by atoms with Gasteiger partial charge in [-0.3, -0.25) is 0 Å². The summed E-state index contributed by atoms with van der Waals surface area (Å²) in [5, 5.41) is 3.36. The van der Waals surface area contributed by atoms with E-state index in [4.69, 9.17) is 21.1 Å². The molecule has 0 heterocycles. The Labute approximate surface area is 122 Å². The molecule has 0 spiro atoms. The quantitative estimate of drug-likeness (QED) is 0.555. The van der Waals surface area contributed by atoms with Crippen LogP contribution in [-0.2, 0) is 4.74 Å². The van der Waals surface area contributed by atoms with Crippen LogP contribution in [0.3, 0.4) is 0 Å². The van der Waals surface area contributed by atoms with Crippen molar-refractivity contribution in [1.29, 1.82) is 0 Å². The minimum atomic E-state index is 0.0786. The minimum Gasteiger partial charge on any atom is -0.492 e. The lowest BCUT2D eigenvalue weighted by Crippen LogP contribution is -2.24. The van der Waals surface area contributed by atoms with Crippen LogP contribution in [0.2, 0.25) is 0 Å². The maximum Gasteiger partial charge on any atom is 0.119 e. The predicted molar refractivity (Wildman–Crippen MR) is 78.6 cm³/mol. The van der Waals surface area contributed by atoms with Crippen LogP contribution >= 0.6 is 27.5 Å². The Morgan fingerprint density at radius 3 is 2.67 bits per heavy atom. The van der Waals surface area contributed by atoms with Gasteiger partial charge >= 0.3 is 0 Å². The maximum atomic E-state index is 6.00. The van der Waals surface area contributed by atoms with Crippen LogP contribution < -0.4 is 10.1 Å². The van der Waals surface area contributed by atoms with E-state index in [9.17, 15) is 0 Å². The van der Waals surface area contributed by atoms with E-state index in [-0.39, 0.29) is 5.38 Å². The molecule has 0 aliphatic heterocycles. The zero-order valence-corrected chi connectivity index (χ0v) is 12.8. The molecular formula is C13H19BrClNO2. The van der Waals surface area contributed by atoms with Crippen molar-refractivity contribution in [3.05, 3.63) is 28.7 Å². The molecule has 1 unspecified atom stereocenters. The Kier molecular flexibility index (Phi) is 8.42. The second-order valence-electron chi connectivity index (χ2n) is 3.89. The second kappa shape index (κ2) is 9.62. The normalized spacial score (nSPS) is 12.4. The SMILES string of the molecule is COCC(Cl)CCNCCOc1ccc(Br)cc1. The van der Waals surface area contributed by atoms with Crippen molar-refractivity contribution < 1.29 is 9.47 Å². The first kappa shape index (κ1) is 15.8. The number of rotatable bonds is 9. The van der Waals surface area contributed by atoms with Crippen LogP contribution in [0.1, 0.15) is 6.42 Å². The predicted octanol–water partition coefficient (Wildman–Crippen LogP) is 3.06. The van der Waals surface area contributed by atoms with Crippen molar-refractivity contribution >= 4 is 27.5 Å². The van der Waals surface area contributed by atoms with Crippen molar-refractivity contribution in [2.75, 3.05) is 33.4 Å². The number of hydrogen-bond acceptors (Lipinski definition) is 3. The number of alkyl halides is 1. The van der Waals surface area contributed by atoms with Gasteiger partial charge in [-0.15, -0.1) is 11.6 Å². The fourth-order valence-corrected chi connectivity index (χ4v) is 1.92. The zero-order valence-electron chi connectivity index (χ0n) is 10.5. The molecular weight excluding hydrogens is 318 g/mol. The molecule has 0 amide bonds. The molecule has 0 fully saturated rings. The van der Waals surface area contributed by atoms with Crippen molar-refractivity contribution in [2.24, 2.45) is 0 Å². The van der Waals surface area contributed by atoms with E-state index in [0.717, 1.165) is 29.7 Å². The molecule has 0 aliphatic rings. The summed E-state index contributed by atoms with van der Waals surface area (Å²) in [5.74, 6) is 0.884. The molecule has 1 N–H and O–H groups in total. The summed E-state index contributed by atoms with van der Waals surface area (Å²) in [6.45, 7) is 2.94. The minimum absolute atomic E-state index is 0.0786. The van der Waals surface area contributed by atoms with Crippen molar-refractivity contribution in [3.63, 3.8) is 0 Å². The van der Waals surface area contributed by atoms with Crippen LogP contribution in [0.5, 0.6) is 5.75 Å². The average Bonchev–Trinajstić information content (AvgIpc) is 2.36. The molecule has 102 valence electrons. The van der Waals surface area contributed by atoms with E-state index in [2.05, 4.69) is 21.2 Å². The van der Waals surface area contributed by atoms with Gasteiger partial charge in [0.25, 0.3) is 0 Å². The summed E-state index contributed by atoms with van der Waals surface area (Å²) in [6.07, 6.45) is 0.897. The summed E-state index contributed by atoms with van der Waals surface area (Å²) in [7, 11) is 1.66. The van der Waals surface area contributed by atoms with E-state index in [1.54, 1.807) is 7.11 Å². The standard InChI is InChI=1S/C13H19BrClNO2/c1-17-10-12(15)6-7-16-8-9-18-13-4-2-11(14)3-5-13/h2-5,12,16H,6-10H2,1H3. The molecule has 3 nitrogen and oxygen atoms in total. The molecule has 0 aliphatic carbocycles. The van der Waals surface area contributed by atoms with E-state index in [1.165, 1.54) is 0 Å². The number of benzene rings is 1. The Bertz CT molecular complexity index is 321. The monoisotopic (exact) mass is 335 g/mol. The Morgan fingerprint density at radius 1 is 1.28 bits per heavy atom. The summed E-state index contributed by atoms with van der Waals surface area (Å²) in [4.78, 5) is 0. The van der Waals surface area contributed by atoms with Gasteiger partial charge in [-0.2, -0.15) is 0 Å². The third-order valence-electron chi connectivity index (χ3n) is 2.34. The molecule has 0 radical (unpaired) electrons. The molecule has 5 heteroatoms. The van der Waals surface area contributed by atoms with Crippen LogP contribution in [-0.4, -0.2) is 38.8 Å². The van der Waals surface area contributed by atoms with Gasteiger partial charge in [-0.25, -0.2) is 0 Å². The van der Waals surface area contributed by atoms with Gasteiger partial charge in [0.2, 0.25) is 0 Å². The van der Waals surface area contributed by atoms with E-state index < -0.39 is 0 Å². The maximum absolute atomic E-state index is 6.00. The molecule has 18 heavy (non-hydrogen) atoms. The van der Waals surface area contributed by atoms with Crippen LogP contribution in [0.25, 0.3) is 0 Å². The summed E-state index contributed by atoms with van der Waals surface area (Å²) in [6, 6.07) is 7.81. The molecule has 1 aromatic carbocycles. The molecule has 0 aromatic heterocycles. The molecule has 0 saturated carbocycles. The Hall–Kier alpha value is -0.290. The lowest BCUT2D eigenvalue weighted by atomic mass is 10.3. The summed E-state index contributed by atoms with van der Waals surface area (Å²) in [5.41, 5.74) is 0. The number of ether oxygens (including phenoxy) is 2. The van der Waals surface area contributed by atoms with Gasteiger partial charge in [0, 0.05) is 18.1 Å². The van der Waals surface area contributed by atoms with E-state index >= 15 is 0 Å². The molecule has 0 bridgehead atoms. The van der Waals surface area contributed by atoms with Crippen LogP contribution in [0.4, 0.5) is 0 Å². The Balaban J connectivity index is 2.00. The number of hydrogen-bond donors (Lipinski definition) is 1. The van der Waals surface area contributed by atoms with E-state index in [0.29, 0.717) is 13.2 Å². The summed E-state index contributed by atoms with van der Waals surface area (Å²) >= 11 is 9.39. The number of methoxy groups -OCH3 is 1. The second-order valence-corrected chi connectivity index (χ2v) is 5.43.